The van der Waals surface area contributed by atoms with Crippen molar-refractivity contribution in [1.82, 2.24) is 20.5 Å². The minimum absolute atomic E-state index is 0.00147. The molecule has 0 bridgehead atoms. The van der Waals surface area contributed by atoms with Crippen molar-refractivity contribution in [3.8, 4) is 17.0 Å². The van der Waals surface area contributed by atoms with Gasteiger partial charge in [0.05, 0.1) is 6.61 Å². The summed E-state index contributed by atoms with van der Waals surface area (Å²) in [5.74, 6) is 1.41. The van der Waals surface area contributed by atoms with Crippen LogP contribution >= 0.6 is 0 Å². The Morgan fingerprint density at radius 2 is 1.84 bits per heavy atom. The maximum atomic E-state index is 12.6. The maximum absolute atomic E-state index is 12.6. The molecule has 45 heavy (non-hydrogen) atoms. The largest absolute Gasteiger partial charge is 0.494 e. The summed E-state index contributed by atoms with van der Waals surface area (Å²) in [7, 11) is 1.81. The molecular formula is C35H40N8O2. The molecule has 0 aliphatic carbocycles. The molecular weight excluding hydrogens is 564 g/mol. The molecule has 3 aromatic carbocycles. The van der Waals surface area contributed by atoms with Crippen molar-refractivity contribution in [1.29, 1.82) is 5.41 Å². The van der Waals surface area contributed by atoms with Gasteiger partial charge in [-0.1, -0.05) is 49.0 Å². The first-order chi connectivity index (χ1) is 21.9. The third-order valence-electron chi connectivity index (χ3n) is 7.42. The lowest BCUT2D eigenvalue weighted by Gasteiger charge is -2.21. The third kappa shape index (κ3) is 8.39. The highest BCUT2D eigenvalue weighted by Gasteiger charge is 2.14. The van der Waals surface area contributed by atoms with Crippen molar-refractivity contribution >= 4 is 23.8 Å². The summed E-state index contributed by atoms with van der Waals surface area (Å²) < 4.78 is 6.03. The normalized spacial score (nSPS) is 12.1. The van der Waals surface area contributed by atoms with E-state index in [-0.39, 0.29) is 11.9 Å². The molecule has 0 saturated heterocycles. The van der Waals surface area contributed by atoms with Gasteiger partial charge in [0, 0.05) is 60.6 Å². The average molecular weight is 605 g/mol. The van der Waals surface area contributed by atoms with Crippen molar-refractivity contribution in [2.75, 3.05) is 38.2 Å². The first-order valence-electron chi connectivity index (χ1n) is 15.1. The molecule has 1 amide bonds. The van der Waals surface area contributed by atoms with Crippen molar-refractivity contribution < 1.29 is 9.53 Å². The molecule has 0 saturated carbocycles. The Hall–Kier alpha value is -5.35. The van der Waals surface area contributed by atoms with Crippen LogP contribution in [0.1, 0.15) is 28.8 Å². The summed E-state index contributed by atoms with van der Waals surface area (Å²) in [6.45, 7) is 7.56. The number of hydrogen-bond donors (Lipinski definition) is 5. The Balaban J connectivity index is 1.16. The molecule has 232 valence electrons. The number of aromatic amines is 1. The fourth-order valence-electron chi connectivity index (χ4n) is 5.02. The highest BCUT2D eigenvalue weighted by molar-refractivity contribution is 5.93. The average Bonchev–Trinajstić information content (AvgIpc) is 3.47. The number of H-pyrrole nitrogens is 1. The summed E-state index contributed by atoms with van der Waals surface area (Å²) in [5, 5.41) is 14.4. The van der Waals surface area contributed by atoms with Gasteiger partial charge in [0.2, 0.25) is 0 Å². The molecule has 0 spiro atoms. The van der Waals surface area contributed by atoms with Crippen molar-refractivity contribution in [2.24, 2.45) is 10.7 Å². The number of aromatic nitrogens is 1. The van der Waals surface area contributed by atoms with Gasteiger partial charge in [-0.2, -0.15) is 0 Å². The lowest BCUT2D eigenvalue weighted by molar-refractivity contribution is 0.0788. The zero-order chi connectivity index (χ0) is 31.6. The van der Waals surface area contributed by atoms with Gasteiger partial charge in [-0.3, -0.25) is 10.2 Å². The number of guanidine groups is 1. The van der Waals surface area contributed by atoms with Crippen LogP contribution in [0.5, 0.6) is 5.75 Å². The summed E-state index contributed by atoms with van der Waals surface area (Å²) >= 11 is 0. The topological polar surface area (TPSA) is 135 Å². The van der Waals surface area contributed by atoms with E-state index in [2.05, 4.69) is 52.5 Å². The minimum atomic E-state index is 0.00147. The van der Waals surface area contributed by atoms with Gasteiger partial charge in [0.15, 0.2) is 5.96 Å². The van der Waals surface area contributed by atoms with Crippen LogP contribution in [-0.4, -0.2) is 55.0 Å². The number of rotatable bonds is 14. The van der Waals surface area contributed by atoms with Crippen LogP contribution in [0.3, 0.4) is 0 Å². The molecule has 10 nitrogen and oxygen atoms in total. The molecule has 0 unspecified atom stereocenters. The number of benzene rings is 3. The lowest BCUT2D eigenvalue weighted by Crippen LogP contribution is -2.33. The number of nitrogens with zero attached hydrogens (tertiary/aromatic N) is 3. The fourth-order valence-corrected chi connectivity index (χ4v) is 5.02. The number of ether oxygens (including phenoxy) is 1. The smallest absolute Gasteiger partial charge is 0.253 e. The molecule has 4 aromatic rings. The Morgan fingerprint density at radius 3 is 2.62 bits per heavy atom. The van der Waals surface area contributed by atoms with Crippen LogP contribution in [0.15, 0.2) is 102 Å². The number of carbonyl (C=O) groups is 1. The van der Waals surface area contributed by atoms with Gasteiger partial charge < -0.3 is 35.9 Å². The Labute approximate surface area is 263 Å². The maximum Gasteiger partial charge on any atom is 0.253 e. The van der Waals surface area contributed by atoms with E-state index in [1.54, 1.807) is 4.90 Å². The standard InChI is InChI=1S/C35H40N8O2/c1-25-40-33-29(24-43(25)30-15-13-26(14-16-30)23-38-17-7-18-39-35(36)37)22-32(41-33)28-11-6-12-31(21-28)45-20-8-19-42(2)34(44)27-9-4-3-5-10-27/h3-6,9-16,21-22,24,38H,1,7-8,17-20,23H2,2H3,(H,40,41)(H4,36,37,39). The van der Waals surface area contributed by atoms with Gasteiger partial charge in [-0.15, -0.1) is 0 Å². The molecule has 1 aliphatic heterocycles. The van der Waals surface area contributed by atoms with Crippen LogP contribution < -0.4 is 36.7 Å². The fraction of sp³-hybridized carbons (Fsp3) is 0.229. The number of hydrogen-bond acceptors (Lipinski definition) is 6. The molecule has 2 heterocycles. The second-order valence-corrected chi connectivity index (χ2v) is 10.9. The van der Waals surface area contributed by atoms with E-state index in [1.807, 2.05) is 72.7 Å². The number of anilines is 1. The van der Waals surface area contributed by atoms with Crippen molar-refractivity contribution in [2.45, 2.75) is 19.4 Å². The molecule has 10 heteroatoms. The van der Waals surface area contributed by atoms with Crippen LogP contribution in [-0.2, 0) is 6.54 Å². The molecule has 1 aromatic heterocycles. The Bertz CT molecular complexity index is 1750. The molecule has 5 rings (SSSR count). The number of carbonyl (C=O) groups excluding carboxylic acids is 1. The highest BCUT2D eigenvalue weighted by atomic mass is 16.5. The molecule has 0 radical (unpaired) electrons. The number of nitrogens with one attached hydrogen (secondary N) is 4. The monoisotopic (exact) mass is 604 g/mol. The second kappa shape index (κ2) is 14.9. The summed E-state index contributed by atoms with van der Waals surface area (Å²) in [6.07, 6.45) is 3.66. The molecule has 6 N–H and O–H groups in total. The summed E-state index contributed by atoms with van der Waals surface area (Å²) in [5.41, 5.74) is 10.9. The quantitative estimate of drug-likeness (QED) is 0.0849. The van der Waals surface area contributed by atoms with E-state index >= 15 is 0 Å². The van der Waals surface area contributed by atoms with Gasteiger partial charge in [0.1, 0.15) is 17.1 Å². The van der Waals surface area contributed by atoms with Crippen molar-refractivity contribution in [3.05, 3.63) is 119 Å². The van der Waals surface area contributed by atoms with E-state index in [0.29, 0.717) is 31.1 Å². The summed E-state index contributed by atoms with van der Waals surface area (Å²) in [6, 6.07) is 27.7. The van der Waals surface area contributed by atoms with Crippen molar-refractivity contribution in [3.63, 3.8) is 0 Å². The van der Waals surface area contributed by atoms with E-state index in [4.69, 9.17) is 20.9 Å². The van der Waals surface area contributed by atoms with E-state index in [1.165, 1.54) is 5.56 Å². The second-order valence-electron chi connectivity index (χ2n) is 10.9. The zero-order valence-electron chi connectivity index (χ0n) is 25.6. The van der Waals surface area contributed by atoms with Gasteiger partial charge >= 0.3 is 0 Å². The summed E-state index contributed by atoms with van der Waals surface area (Å²) in [4.78, 5) is 24.4. The van der Waals surface area contributed by atoms with Gasteiger partial charge in [-0.05, 0) is 67.4 Å². The number of amides is 1. The van der Waals surface area contributed by atoms with Gasteiger partial charge in [0.25, 0.3) is 5.91 Å². The number of nitrogens with two attached hydrogens (primary N) is 1. The van der Waals surface area contributed by atoms with E-state index in [0.717, 1.165) is 59.3 Å². The first kappa shape index (κ1) is 31.1. The van der Waals surface area contributed by atoms with Crippen LogP contribution in [0.2, 0.25) is 0 Å². The SMILES string of the molecule is C=C1N=c2[nH]c(-c3cccc(OCCCN(C)C(=O)c4ccccc4)c3)cc2=CN1c1ccc(CNCCCNC(=N)N)cc1. The van der Waals surface area contributed by atoms with Crippen LogP contribution in [0, 0.1) is 5.41 Å². The molecule has 1 aliphatic rings. The molecule has 0 fully saturated rings. The lowest BCUT2D eigenvalue weighted by atomic mass is 10.1. The highest BCUT2D eigenvalue weighted by Crippen LogP contribution is 2.24. The first-order valence-corrected chi connectivity index (χ1v) is 15.1. The van der Waals surface area contributed by atoms with Crippen LogP contribution in [0.25, 0.3) is 17.5 Å². The predicted molar refractivity (Wildman–Crippen MR) is 179 cm³/mol. The van der Waals surface area contributed by atoms with Gasteiger partial charge in [-0.25, -0.2) is 4.99 Å². The van der Waals surface area contributed by atoms with Crippen LogP contribution in [0.4, 0.5) is 5.69 Å². The third-order valence-corrected chi connectivity index (χ3v) is 7.42. The zero-order valence-corrected chi connectivity index (χ0v) is 25.6. The number of fused-ring (bicyclic) bond motifs is 1. The Kier molecular flexibility index (Phi) is 10.3. The minimum Gasteiger partial charge on any atom is -0.494 e. The predicted octanol–water partition coefficient (Wildman–Crippen LogP) is 3.53. The Morgan fingerprint density at radius 1 is 1.04 bits per heavy atom. The van der Waals surface area contributed by atoms with E-state index < -0.39 is 0 Å². The molecule has 0 atom stereocenters. The van der Waals surface area contributed by atoms with E-state index in [9.17, 15) is 4.79 Å².